The highest BCUT2D eigenvalue weighted by Gasteiger charge is 2.22. The van der Waals surface area contributed by atoms with Crippen molar-refractivity contribution in [2.75, 3.05) is 11.9 Å². The molecule has 0 radical (unpaired) electrons. The molecular weight excluding hydrogens is 286 g/mol. The molecule has 0 aliphatic carbocycles. The molecule has 0 bridgehead atoms. The fourth-order valence-electron chi connectivity index (χ4n) is 1.49. The first-order valence-electron chi connectivity index (χ1n) is 6.75. The smallest absolute Gasteiger partial charge is 0.253 e. The monoisotopic (exact) mass is 307 g/mol. The van der Waals surface area contributed by atoms with Gasteiger partial charge < -0.3 is 16.0 Å². The van der Waals surface area contributed by atoms with Crippen LogP contribution in [0.2, 0.25) is 0 Å². The Labute approximate surface area is 130 Å². The van der Waals surface area contributed by atoms with Crippen LogP contribution in [0.1, 0.15) is 38.1 Å². The van der Waals surface area contributed by atoms with Crippen molar-refractivity contribution < 1.29 is 9.59 Å². The molecule has 5 nitrogen and oxygen atoms in total. The summed E-state index contributed by atoms with van der Waals surface area (Å²) in [4.78, 5) is 23.8. The van der Waals surface area contributed by atoms with Gasteiger partial charge in [0.2, 0.25) is 5.91 Å². The molecule has 1 rings (SSSR count). The van der Waals surface area contributed by atoms with E-state index < -0.39 is 5.41 Å². The molecule has 0 atom stereocenters. The summed E-state index contributed by atoms with van der Waals surface area (Å²) in [7, 11) is 0. The molecule has 114 valence electrons. The molecule has 1 aromatic rings. The Morgan fingerprint density at radius 1 is 1.19 bits per heavy atom. The van der Waals surface area contributed by atoms with Crippen LogP contribution in [0.3, 0.4) is 0 Å². The maximum atomic E-state index is 11.9. The summed E-state index contributed by atoms with van der Waals surface area (Å²) in [5.41, 5.74) is 0.500. The van der Waals surface area contributed by atoms with Crippen molar-refractivity contribution in [2.45, 2.75) is 27.7 Å². The lowest BCUT2D eigenvalue weighted by Crippen LogP contribution is -2.41. The van der Waals surface area contributed by atoms with Gasteiger partial charge in [-0.3, -0.25) is 9.59 Å². The van der Waals surface area contributed by atoms with Crippen LogP contribution in [-0.4, -0.2) is 23.5 Å². The van der Waals surface area contributed by atoms with E-state index in [0.717, 1.165) is 0 Å². The highest BCUT2D eigenvalue weighted by Crippen LogP contribution is 2.16. The number of amides is 2. The SMILES string of the molecule is CCNC(=O)c1ccccc1NC(=S)NC(=O)C(C)(C)C. The van der Waals surface area contributed by atoms with E-state index in [1.54, 1.807) is 45.0 Å². The van der Waals surface area contributed by atoms with E-state index in [4.69, 9.17) is 12.2 Å². The minimum atomic E-state index is -0.537. The normalized spacial score (nSPS) is 10.7. The summed E-state index contributed by atoms with van der Waals surface area (Å²) in [6.45, 7) is 7.79. The van der Waals surface area contributed by atoms with Gasteiger partial charge in [0, 0.05) is 12.0 Å². The lowest BCUT2D eigenvalue weighted by Gasteiger charge is -2.19. The molecule has 6 heteroatoms. The number of nitrogens with one attached hydrogen (secondary N) is 3. The van der Waals surface area contributed by atoms with E-state index in [1.807, 2.05) is 6.92 Å². The van der Waals surface area contributed by atoms with Crippen molar-refractivity contribution in [3.63, 3.8) is 0 Å². The Morgan fingerprint density at radius 2 is 1.81 bits per heavy atom. The third-order valence-electron chi connectivity index (χ3n) is 2.67. The summed E-state index contributed by atoms with van der Waals surface area (Å²) in [5, 5.41) is 8.41. The maximum Gasteiger partial charge on any atom is 0.253 e. The van der Waals surface area contributed by atoms with Crippen LogP contribution >= 0.6 is 12.2 Å². The van der Waals surface area contributed by atoms with Crippen molar-refractivity contribution >= 4 is 34.8 Å². The lowest BCUT2D eigenvalue weighted by atomic mass is 9.96. The minimum absolute atomic E-state index is 0.173. The van der Waals surface area contributed by atoms with E-state index in [9.17, 15) is 9.59 Å². The quantitative estimate of drug-likeness (QED) is 0.749. The van der Waals surface area contributed by atoms with Crippen molar-refractivity contribution in [2.24, 2.45) is 5.41 Å². The van der Waals surface area contributed by atoms with Gasteiger partial charge in [-0.2, -0.15) is 0 Å². The van der Waals surface area contributed by atoms with Crippen molar-refractivity contribution in [1.82, 2.24) is 10.6 Å². The average molecular weight is 307 g/mol. The summed E-state index contributed by atoms with van der Waals surface area (Å²) in [5.74, 6) is -0.374. The molecule has 21 heavy (non-hydrogen) atoms. The van der Waals surface area contributed by atoms with Gasteiger partial charge in [0.1, 0.15) is 0 Å². The Kier molecular flexibility index (Phi) is 5.84. The van der Waals surface area contributed by atoms with Crippen LogP contribution in [0.15, 0.2) is 24.3 Å². The van der Waals surface area contributed by atoms with Gasteiger partial charge >= 0.3 is 0 Å². The van der Waals surface area contributed by atoms with Gasteiger partial charge in [0.05, 0.1) is 11.3 Å². The van der Waals surface area contributed by atoms with Gasteiger partial charge in [-0.25, -0.2) is 0 Å². The predicted octanol–water partition coefficient (Wildman–Crippen LogP) is 2.30. The zero-order valence-electron chi connectivity index (χ0n) is 12.7. The van der Waals surface area contributed by atoms with Gasteiger partial charge in [-0.15, -0.1) is 0 Å². The first kappa shape index (κ1) is 17.1. The van der Waals surface area contributed by atoms with Crippen LogP contribution < -0.4 is 16.0 Å². The molecule has 3 N–H and O–H groups in total. The fourth-order valence-corrected chi connectivity index (χ4v) is 1.69. The van der Waals surface area contributed by atoms with Crippen LogP contribution in [0.5, 0.6) is 0 Å². The third kappa shape index (κ3) is 5.15. The molecular formula is C15H21N3O2S. The Morgan fingerprint density at radius 3 is 2.38 bits per heavy atom. The standard InChI is InChI=1S/C15H21N3O2S/c1-5-16-12(19)10-8-6-7-9-11(10)17-14(21)18-13(20)15(2,3)4/h6-9H,5H2,1-4H3,(H,16,19)(H2,17,18,20,21). The van der Waals surface area contributed by atoms with Crippen LogP contribution in [-0.2, 0) is 4.79 Å². The lowest BCUT2D eigenvalue weighted by molar-refractivity contribution is -0.126. The average Bonchev–Trinajstić information content (AvgIpc) is 2.38. The van der Waals surface area contributed by atoms with Crippen LogP contribution in [0, 0.1) is 5.41 Å². The Hall–Kier alpha value is -1.95. The summed E-state index contributed by atoms with van der Waals surface area (Å²) in [6.07, 6.45) is 0. The zero-order valence-corrected chi connectivity index (χ0v) is 13.6. The summed E-state index contributed by atoms with van der Waals surface area (Å²) >= 11 is 5.12. The molecule has 1 aromatic carbocycles. The Balaban J connectivity index is 2.82. The zero-order chi connectivity index (χ0) is 16.0. The third-order valence-corrected chi connectivity index (χ3v) is 2.87. The molecule has 0 saturated carbocycles. The molecule has 0 spiro atoms. The first-order chi connectivity index (χ1) is 9.75. The van der Waals surface area contributed by atoms with Crippen molar-refractivity contribution in [1.29, 1.82) is 0 Å². The largest absolute Gasteiger partial charge is 0.352 e. The fraction of sp³-hybridized carbons (Fsp3) is 0.400. The van der Waals surface area contributed by atoms with Crippen molar-refractivity contribution in [3.05, 3.63) is 29.8 Å². The van der Waals surface area contributed by atoms with Crippen molar-refractivity contribution in [3.8, 4) is 0 Å². The van der Waals surface area contributed by atoms with Crippen LogP contribution in [0.25, 0.3) is 0 Å². The summed E-state index contributed by atoms with van der Waals surface area (Å²) < 4.78 is 0. The number of carbonyl (C=O) groups excluding carboxylic acids is 2. The number of para-hydroxylation sites is 1. The number of carbonyl (C=O) groups is 2. The second-order valence-corrected chi connectivity index (χ2v) is 5.97. The van der Waals surface area contributed by atoms with E-state index in [1.165, 1.54) is 0 Å². The van der Waals surface area contributed by atoms with E-state index >= 15 is 0 Å². The predicted molar refractivity (Wildman–Crippen MR) is 88.3 cm³/mol. The molecule has 0 unspecified atom stereocenters. The van der Waals surface area contributed by atoms with Gasteiger partial charge in [-0.05, 0) is 31.3 Å². The highest BCUT2D eigenvalue weighted by atomic mass is 32.1. The minimum Gasteiger partial charge on any atom is -0.352 e. The second kappa shape index (κ2) is 7.17. The molecule has 0 aromatic heterocycles. The topological polar surface area (TPSA) is 70.2 Å². The molecule has 0 heterocycles. The summed E-state index contributed by atoms with van der Waals surface area (Å²) in [6, 6.07) is 6.99. The molecule has 0 saturated heterocycles. The molecule has 0 aliphatic heterocycles. The number of hydrogen-bond acceptors (Lipinski definition) is 3. The molecule has 2 amide bonds. The highest BCUT2D eigenvalue weighted by molar-refractivity contribution is 7.80. The van der Waals surface area contributed by atoms with Crippen LogP contribution in [0.4, 0.5) is 5.69 Å². The number of anilines is 1. The van der Waals surface area contributed by atoms with Gasteiger partial charge in [0.25, 0.3) is 5.91 Å². The van der Waals surface area contributed by atoms with E-state index in [2.05, 4.69) is 16.0 Å². The molecule has 0 fully saturated rings. The number of hydrogen-bond donors (Lipinski definition) is 3. The molecule has 0 aliphatic rings. The first-order valence-corrected chi connectivity index (χ1v) is 7.16. The number of thiocarbonyl (C=S) groups is 1. The van der Waals surface area contributed by atoms with E-state index in [-0.39, 0.29) is 16.9 Å². The number of rotatable bonds is 3. The van der Waals surface area contributed by atoms with Gasteiger partial charge in [0.15, 0.2) is 5.11 Å². The Bertz CT molecular complexity index is 550. The number of benzene rings is 1. The maximum absolute atomic E-state index is 11.9. The van der Waals surface area contributed by atoms with Gasteiger partial charge in [-0.1, -0.05) is 32.9 Å². The van der Waals surface area contributed by atoms with E-state index in [0.29, 0.717) is 17.8 Å². The second-order valence-electron chi connectivity index (χ2n) is 5.56.